The van der Waals surface area contributed by atoms with Crippen LogP contribution in [0, 0.1) is 0 Å². The number of anilines is 2. The molecule has 5 nitrogen and oxygen atoms in total. The van der Waals surface area contributed by atoms with Crippen molar-refractivity contribution in [2.24, 2.45) is 5.73 Å². The molecule has 0 aliphatic carbocycles. The van der Waals surface area contributed by atoms with Gasteiger partial charge in [0.2, 0.25) is 0 Å². The van der Waals surface area contributed by atoms with Crippen LogP contribution in [0.5, 0.6) is 0 Å². The first-order valence-electron chi connectivity index (χ1n) is 6.33. The van der Waals surface area contributed by atoms with E-state index in [1.807, 2.05) is 13.0 Å². The van der Waals surface area contributed by atoms with Crippen molar-refractivity contribution in [1.29, 1.82) is 0 Å². The van der Waals surface area contributed by atoms with Crippen molar-refractivity contribution in [3.63, 3.8) is 0 Å². The van der Waals surface area contributed by atoms with Gasteiger partial charge in [-0.25, -0.2) is 9.97 Å². The van der Waals surface area contributed by atoms with Crippen LogP contribution in [0.4, 0.5) is 11.6 Å². The minimum Gasteiger partial charge on any atom is -0.366 e. The Morgan fingerprint density at radius 2 is 2.12 bits per heavy atom. The number of nitrogens with zero attached hydrogens (tertiary/aromatic N) is 3. The highest BCUT2D eigenvalue weighted by Gasteiger charge is 2.12. The summed E-state index contributed by atoms with van der Waals surface area (Å²) in [4.78, 5) is 10.9. The molecule has 2 rings (SSSR count). The van der Waals surface area contributed by atoms with Crippen LogP contribution in [0.3, 0.4) is 0 Å². The van der Waals surface area contributed by atoms with Crippen molar-refractivity contribution in [2.45, 2.75) is 32.2 Å². The molecule has 1 fully saturated rings. The smallest absolute Gasteiger partial charge is 0.134 e. The van der Waals surface area contributed by atoms with Gasteiger partial charge < -0.3 is 16.0 Å². The number of nitrogens with two attached hydrogens (primary N) is 1. The molecule has 5 heteroatoms. The molecule has 94 valence electrons. The van der Waals surface area contributed by atoms with Crippen molar-refractivity contribution in [3.8, 4) is 0 Å². The summed E-state index contributed by atoms with van der Waals surface area (Å²) in [5.41, 5.74) is 5.58. The molecule has 1 aliphatic rings. The molecule has 1 unspecified atom stereocenters. The van der Waals surface area contributed by atoms with Gasteiger partial charge >= 0.3 is 0 Å². The van der Waals surface area contributed by atoms with Gasteiger partial charge in [0, 0.05) is 31.7 Å². The summed E-state index contributed by atoms with van der Waals surface area (Å²) in [5, 5.41) is 3.27. The molecule has 0 spiro atoms. The maximum Gasteiger partial charge on any atom is 0.134 e. The minimum atomic E-state index is 0.235. The molecule has 0 bridgehead atoms. The molecule has 3 N–H and O–H groups in total. The van der Waals surface area contributed by atoms with E-state index in [9.17, 15) is 0 Å². The predicted octanol–water partition coefficient (Wildman–Crippen LogP) is 1.23. The lowest BCUT2D eigenvalue weighted by Gasteiger charge is -2.27. The third kappa shape index (κ3) is 3.30. The van der Waals surface area contributed by atoms with Crippen LogP contribution in [0.25, 0.3) is 0 Å². The minimum absolute atomic E-state index is 0.235. The second kappa shape index (κ2) is 5.82. The molecule has 0 radical (unpaired) electrons. The summed E-state index contributed by atoms with van der Waals surface area (Å²) in [6.07, 6.45) is 5.46. The zero-order valence-corrected chi connectivity index (χ0v) is 10.4. The molecule has 2 heterocycles. The maximum absolute atomic E-state index is 5.58. The predicted molar refractivity (Wildman–Crippen MR) is 70.2 cm³/mol. The molecule has 0 amide bonds. The molecule has 1 atom stereocenters. The Bertz CT molecular complexity index is 349. The van der Waals surface area contributed by atoms with Crippen LogP contribution in [0.1, 0.15) is 26.2 Å². The van der Waals surface area contributed by atoms with Crippen LogP contribution < -0.4 is 16.0 Å². The number of rotatable bonds is 4. The molecule has 1 aromatic heterocycles. The third-order valence-electron chi connectivity index (χ3n) is 3.08. The first kappa shape index (κ1) is 12.1. The van der Waals surface area contributed by atoms with Crippen LogP contribution >= 0.6 is 0 Å². The fourth-order valence-corrected chi connectivity index (χ4v) is 2.03. The fraction of sp³-hybridized carbons (Fsp3) is 0.667. The summed E-state index contributed by atoms with van der Waals surface area (Å²) < 4.78 is 0. The van der Waals surface area contributed by atoms with Crippen molar-refractivity contribution in [3.05, 3.63) is 12.4 Å². The number of hydrogen-bond acceptors (Lipinski definition) is 5. The highest BCUT2D eigenvalue weighted by atomic mass is 15.2. The van der Waals surface area contributed by atoms with Crippen molar-refractivity contribution in [2.75, 3.05) is 29.9 Å². The lowest BCUT2D eigenvalue weighted by atomic mass is 10.1. The van der Waals surface area contributed by atoms with Gasteiger partial charge in [-0.3, -0.25) is 0 Å². The van der Waals surface area contributed by atoms with Gasteiger partial charge in [0.05, 0.1) is 0 Å². The van der Waals surface area contributed by atoms with E-state index in [2.05, 4.69) is 20.2 Å². The average Bonchev–Trinajstić information content (AvgIpc) is 2.40. The number of hydrogen-bond donors (Lipinski definition) is 2. The Kier molecular flexibility index (Phi) is 4.14. The van der Waals surface area contributed by atoms with Crippen LogP contribution in [-0.2, 0) is 0 Å². The van der Waals surface area contributed by atoms with Crippen LogP contribution in [-0.4, -0.2) is 35.6 Å². The molecule has 1 aromatic rings. The van der Waals surface area contributed by atoms with E-state index in [-0.39, 0.29) is 6.04 Å². The monoisotopic (exact) mass is 235 g/mol. The largest absolute Gasteiger partial charge is 0.366 e. The van der Waals surface area contributed by atoms with Gasteiger partial charge in [-0.2, -0.15) is 0 Å². The summed E-state index contributed by atoms with van der Waals surface area (Å²) in [6, 6.07) is 2.25. The van der Waals surface area contributed by atoms with Crippen LogP contribution in [0.2, 0.25) is 0 Å². The fourth-order valence-electron chi connectivity index (χ4n) is 2.03. The second-order valence-corrected chi connectivity index (χ2v) is 4.59. The third-order valence-corrected chi connectivity index (χ3v) is 3.08. The van der Waals surface area contributed by atoms with E-state index in [1.165, 1.54) is 19.3 Å². The summed E-state index contributed by atoms with van der Waals surface area (Å²) in [7, 11) is 0. The van der Waals surface area contributed by atoms with E-state index < -0.39 is 0 Å². The number of nitrogens with one attached hydrogen (secondary N) is 1. The summed E-state index contributed by atoms with van der Waals surface area (Å²) in [6.45, 7) is 4.84. The standard InChI is InChI=1S/C12H21N5/c1-10(8-13)16-11-7-12(15-9-14-11)17-5-3-2-4-6-17/h7,9-10H,2-6,8,13H2,1H3,(H,14,15,16). The zero-order valence-electron chi connectivity index (χ0n) is 10.4. The average molecular weight is 235 g/mol. The van der Waals surface area contributed by atoms with Gasteiger partial charge in [-0.15, -0.1) is 0 Å². The molecular weight excluding hydrogens is 214 g/mol. The van der Waals surface area contributed by atoms with Gasteiger partial charge in [0.15, 0.2) is 0 Å². The van der Waals surface area contributed by atoms with E-state index in [1.54, 1.807) is 6.33 Å². The zero-order chi connectivity index (χ0) is 12.1. The molecule has 0 aromatic carbocycles. The van der Waals surface area contributed by atoms with E-state index in [4.69, 9.17) is 5.73 Å². The number of aromatic nitrogens is 2. The molecule has 0 saturated carbocycles. The van der Waals surface area contributed by atoms with E-state index in [0.717, 1.165) is 24.7 Å². The summed E-state index contributed by atoms with van der Waals surface area (Å²) in [5.74, 6) is 1.88. The first-order chi connectivity index (χ1) is 8.29. The van der Waals surface area contributed by atoms with Gasteiger partial charge in [0.1, 0.15) is 18.0 Å². The van der Waals surface area contributed by atoms with Crippen molar-refractivity contribution >= 4 is 11.6 Å². The van der Waals surface area contributed by atoms with E-state index in [0.29, 0.717) is 6.54 Å². The number of piperidine rings is 1. The topological polar surface area (TPSA) is 67.1 Å². The SMILES string of the molecule is CC(CN)Nc1cc(N2CCCCC2)ncn1. The lowest BCUT2D eigenvalue weighted by Crippen LogP contribution is -2.30. The Morgan fingerprint density at radius 1 is 1.35 bits per heavy atom. The molecular formula is C12H21N5. The quantitative estimate of drug-likeness (QED) is 0.821. The van der Waals surface area contributed by atoms with Crippen molar-refractivity contribution in [1.82, 2.24) is 9.97 Å². The highest BCUT2D eigenvalue weighted by Crippen LogP contribution is 2.19. The van der Waals surface area contributed by atoms with Gasteiger partial charge in [0.25, 0.3) is 0 Å². The van der Waals surface area contributed by atoms with E-state index >= 15 is 0 Å². The van der Waals surface area contributed by atoms with Crippen molar-refractivity contribution < 1.29 is 0 Å². The lowest BCUT2D eigenvalue weighted by molar-refractivity contribution is 0.573. The normalized spacial score (nSPS) is 17.9. The van der Waals surface area contributed by atoms with Gasteiger partial charge in [-0.1, -0.05) is 0 Å². The summed E-state index contributed by atoms with van der Waals surface area (Å²) >= 11 is 0. The Labute approximate surface area is 102 Å². The van der Waals surface area contributed by atoms with Gasteiger partial charge in [-0.05, 0) is 26.2 Å². The molecule has 1 saturated heterocycles. The first-order valence-corrected chi connectivity index (χ1v) is 6.33. The Balaban J connectivity index is 2.05. The Hall–Kier alpha value is -1.36. The molecule has 1 aliphatic heterocycles. The highest BCUT2D eigenvalue weighted by molar-refractivity contribution is 5.49. The Morgan fingerprint density at radius 3 is 2.82 bits per heavy atom. The maximum atomic E-state index is 5.58. The van der Waals surface area contributed by atoms with Crippen LogP contribution in [0.15, 0.2) is 12.4 Å². The second-order valence-electron chi connectivity index (χ2n) is 4.59. The molecule has 17 heavy (non-hydrogen) atoms.